The Bertz CT molecular complexity index is 486. The van der Waals surface area contributed by atoms with Gasteiger partial charge in [-0.2, -0.15) is 0 Å². The van der Waals surface area contributed by atoms with Gasteiger partial charge in [0.25, 0.3) is 0 Å². The number of ether oxygens (including phenoxy) is 1. The highest BCUT2D eigenvalue weighted by atomic mass is 16.5. The van der Waals surface area contributed by atoms with Gasteiger partial charge in [-0.1, -0.05) is 16.8 Å². The Morgan fingerprint density at radius 1 is 1.33 bits per heavy atom. The van der Waals surface area contributed by atoms with Gasteiger partial charge in [0.15, 0.2) is 0 Å². The monoisotopic (exact) mass is 249 g/mol. The van der Waals surface area contributed by atoms with Gasteiger partial charge in [-0.15, -0.1) is 0 Å². The number of allylic oxidation sites excluding steroid dienone is 2. The standard InChI is InChI=1S/C14H19NO3/c1-9(2)5-6-11-7-12(10(3)15-17)13(16)8-14(11)18-4/h5,7-8,16-17H,6H2,1-4H3/b15-10-. The first-order valence-corrected chi connectivity index (χ1v) is 5.71. The average molecular weight is 249 g/mol. The molecule has 0 fully saturated rings. The maximum Gasteiger partial charge on any atom is 0.128 e. The van der Waals surface area contributed by atoms with Gasteiger partial charge in [0.2, 0.25) is 0 Å². The first-order valence-electron chi connectivity index (χ1n) is 5.71. The van der Waals surface area contributed by atoms with Crippen molar-refractivity contribution in [1.82, 2.24) is 0 Å². The number of benzene rings is 1. The molecule has 2 N–H and O–H groups in total. The van der Waals surface area contributed by atoms with Gasteiger partial charge in [-0.25, -0.2) is 0 Å². The number of aromatic hydroxyl groups is 1. The van der Waals surface area contributed by atoms with E-state index < -0.39 is 0 Å². The molecule has 0 heterocycles. The summed E-state index contributed by atoms with van der Waals surface area (Å²) in [7, 11) is 1.56. The molecule has 0 bridgehead atoms. The fourth-order valence-electron chi connectivity index (χ4n) is 1.62. The van der Waals surface area contributed by atoms with E-state index in [0.29, 0.717) is 23.4 Å². The third-order valence-electron chi connectivity index (χ3n) is 2.67. The first kappa shape index (κ1) is 14.1. The maximum atomic E-state index is 9.84. The molecule has 0 unspecified atom stereocenters. The fraction of sp³-hybridized carbons (Fsp3) is 0.357. The number of nitrogens with zero attached hydrogens (tertiary/aromatic N) is 1. The van der Waals surface area contributed by atoms with Crippen molar-refractivity contribution in [3.8, 4) is 11.5 Å². The SMILES string of the molecule is COc1cc(O)c(/C(C)=N\O)cc1CC=C(C)C. The molecule has 0 aliphatic carbocycles. The van der Waals surface area contributed by atoms with E-state index in [1.54, 1.807) is 20.1 Å². The number of oxime groups is 1. The molecule has 1 rings (SSSR count). The number of rotatable bonds is 4. The second-order valence-electron chi connectivity index (χ2n) is 4.35. The van der Waals surface area contributed by atoms with Crippen LogP contribution in [0.25, 0.3) is 0 Å². The second-order valence-corrected chi connectivity index (χ2v) is 4.35. The molecular weight excluding hydrogens is 230 g/mol. The molecule has 4 heteroatoms. The summed E-state index contributed by atoms with van der Waals surface area (Å²) in [6, 6.07) is 3.32. The Hall–Kier alpha value is -1.97. The lowest BCUT2D eigenvalue weighted by Gasteiger charge is -2.11. The van der Waals surface area contributed by atoms with Crippen LogP contribution in [0.5, 0.6) is 11.5 Å². The zero-order valence-electron chi connectivity index (χ0n) is 11.2. The molecule has 0 aromatic heterocycles. The quantitative estimate of drug-likeness (QED) is 0.373. The number of phenolic OH excluding ortho intramolecular Hbond substituents is 1. The van der Waals surface area contributed by atoms with Crippen LogP contribution in [0, 0.1) is 0 Å². The van der Waals surface area contributed by atoms with Crippen molar-refractivity contribution < 1.29 is 15.1 Å². The van der Waals surface area contributed by atoms with Crippen molar-refractivity contribution in [3.63, 3.8) is 0 Å². The van der Waals surface area contributed by atoms with E-state index in [0.717, 1.165) is 5.56 Å². The van der Waals surface area contributed by atoms with Crippen LogP contribution in [0.4, 0.5) is 0 Å². The minimum absolute atomic E-state index is 0.0445. The van der Waals surface area contributed by atoms with Crippen molar-refractivity contribution in [3.05, 3.63) is 34.9 Å². The van der Waals surface area contributed by atoms with E-state index >= 15 is 0 Å². The number of hydrogen-bond donors (Lipinski definition) is 2. The van der Waals surface area contributed by atoms with Crippen LogP contribution in [0.1, 0.15) is 31.9 Å². The summed E-state index contributed by atoms with van der Waals surface area (Å²) >= 11 is 0. The van der Waals surface area contributed by atoms with E-state index in [1.807, 2.05) is 13.8 Å². The Morgan fingerprint density at radius 3 is 2.50 bits per heavy atom. The van der Waals surface area contributed by atoms with E-state index in [4.69, 9.17) is 9.94 Å². The van der Waals surface area contributed by atoms with Gasteiger partial charge in [-0.05, 0) is 38.8 Å². The second kappa shape index (κ2) is 6.10. The molecule has 0 radical (unpaired) electrons. The van der Waals surface area contributed by atoms with Crippen molar-refractivity contribution in [1.29, 1.82) is 0 Å². The molecule has 0 aliphatic rings. The lowest BCUT2D eigenvalue weighted by molar-refractivity contribution is 0.318. The summed E-state index contributed by atoms with van der Waals surface area (Å²) in [4.78, 5) is 0. The van der Waals surface area contributed by atoms with Crippen LogP contribution in [-0.2, 0) is 6.42 Å². The van der Waals surface area contributed by atoms with Crippen molar-refractivity contribution >= 4 is 5.71 Å². The van der Waals surface area contributed by atoms with Crippen molar-refractivity contribution in [2.75, 3.05) is 7.11 Å². The minimum Gasteiger partial charge on any atom is -0.507 e. The molecule has 0 spiro atoms. The van der Waals surface area contributed by atoms with E-state index in [1.165, 1.54) is 11.6 Å². The normalized spacial score (nSPS) is 11.2. The van der Waals surface area contributed by atoms with E-state index in [9.17, 15) is 5.11 Å². The average Bonchev–Trinajstić information content (AvgIpc) is 2.35. The number of hydrogen-bond acceptors (Lipinski definition) is 4. The third kappa shape index (κ3) is 3.26. The Morgan fingerprint density at radius 2 is 2.00 bits per heavy atom. The summed E-state index contributed by atoms with van der Waals surface area (Å²) in [5.41, 5.74) is 3.03. The van der Waals surface area contributed by atoms with Crippen LogP contribution in [0.3, 0.4) is 0 Å². The smallest absolute Gasteiger partial charge is 0.128 e. The molecule has 1 aromatic carbocycles. The van der Waals surface area contributed by atoms with Gasteiger partial charge in [-0.3, -0.25) is 0 Å². The Kier molecular flexibility index (Phi) is 4.77. The summed E-state index contributed by atoms with van der Waals surface area (Å²) in [6.07, 6.45) is 2.78. The molecule has 0 saturated heterocycles. The fourth-order valence-corrected chi connectivity index (χ4v) is 1.62. The summed E-state index contributed by atoms with van der Waals surface area (Å²) in [5, 5.41) is 21.7. The van der Waals surface area contributed by atoms with Gasteiger partial charge in [0, 0.05) is 11.6 Å². The van der Waals surface area contributed by atoms with Gasteiger partial charge >= 0.3 is 0 Å². The highest BCUT2D eigenvalue weighted by Gasteiger charge is 2.11. The van der Waals surface area contributed by atoms with Gasteiger partial charge < -0.3 is 15.1 Å². The number of phenols is 1. The highest BCUT2D eigenvalue weighted by Crippen LogP contribution is 2.29. The summed E-state index contributed by atoms with van der Waals surface area (Å²) in [6.45, 7) is 5.68. The lowest BCUT2D eigenvalue weighted by atomic mass is 10.0. The van der Waals surface area contributed by atoms with Crippen LogP contribution in [-0.4, -0.2) is 23.1 Å². The molecule has 0 saturated carbocycles. The number of methoxy groups -OCH3 is 1. The third-order valence-corrected chi connectivity index (χ3v) is 2.67. The molecule has 0 aliphatic heterocycles. The zero-order valence-corrected chi connectivity index (χ0v) is 11.2. The lowest BCUT2D eigenvalue weighted by Crippen LogP contribution is -1.99. The van der Waals surface area contributed by atoms with Crippen LogP contribution >= 0.6 is 0 Å². The molecule has 4 nitrogen and oxygen atoms in total. The predicted octanol–water partition coefficient (Wildman–Crippen LogP) is 3.11. The molecule has 1 aromatic rings. The molecule has 18 heavy (non-hydrogen) atoms. The maximum absolute atomic E-state index is 9.84. The van der Waals surface area contributed by atoms with Crippen molar-refractivity contribution in [2.45, 2.75) is 27.2 Å². The Balaban J connectivity index is 3.26. The first-order chi connectivity index (χ1) is 8.49. The van der Waals surface area contributed by atoms with E-state index in [2.05, 4.69) is 11.2 Å². The van der Waals surface area contributed by atoms with Crippen LogP contribution in [0.15, 0.2) is 28.9 Å². The van der Waals surface area contributed by atoms with Crippen LogP contribution < -0.4 is 4.74 Å². The van der Waals surface area contributed by atoms with Gasteiger partial charge in [0.1, 0.15) is 11.5 Å². The highest BCUT2D eigenvalue weighted by molar-refractivity contribution is 6.01. The molecule has 0 atom stereocenters. The van der Waals surface area contributed by atoms with Crippen molar-refractivity contribution in [2.24, 2.45) is 5.16 Å². The van der Waals surface area contributed by atoms with Gasteiger partial charge in [0.05, 0.1) is 12.8 Å². The predicted molar refractivity (Wildman–Crippen MR) is 71.8 cm³/mol. The topological polar surface area (TPSA) is 62.0 Å². The zero-order chi connectivity index (χ0) is 13.7. The minimum atomic E-state index is 0.0445. The molecule has 98 valence electrons. The summed E-state index contributed by atoms with van der Waals surface area (Å²) in [5.74, 6) is 0.669. The Labute approximate surface area is 107 Å². The molecule has 0 amide bonds. The van der Waals surface area contributed by atoms with Crippen LogP contribution in [0.2, 0.25) is 0 Å². The largest absolute Gasteiger partial charge is 0.507 e. The van der Waals surface area contributed by atoms with E-state index in [-0.39, 0.29) is 5.75 Å². The summed E-state index contributed by atoms with van der Waals surface area (Å²) < 4.78 is 5.24. The molecular formula is C14H19NO3.